The molecule has 8 heteroatoms. The zero-order valence-electron chi connectivity index (χ0n) is 14.5. The summed E-state index contributed by atoms with van der Waals surface area (Å²) < 4.78 is 3.23. The lowest BCUT2D eigenvalue weighted by molar-refractivity contribution is 0.0971. The van der Waals surface area contributed by atoms with Crippen LogP contribution in [0.3, 0.4) is 0 Å². The predicted octanol–water partition coefficient (Wildman–Crippen LogP) is 3.31. The number of rotatable bonds is 5. The van der Waals surface area contributed by atoms with Crippen LogP contribution in [0, 0.1) is 0 Å². The lowest BCUT2D eigenvalue weighted by atomic mass is 10.1. The van der Waals surface area contributed by atoms with Crippen LogP contribution in [-0.2, 0) is 13.1 Å². The van der Waals surface area contributed by atoms with Crippen molar-refractivity contribution in [2.45, 2.75) is 13.1 Å². The van der Waals surface area contributed by atoms with Crippen LogP contribution in [0.25, 0.3) is 11.0 Å². The first-order valence-electron chi connectivity index (χ1n) is 8.44. The molecule has 0 saturated heterocycles. The van der Waals surface area contributed by atoms with Gasteiger partial charge in [-0.1, -0.05) is 34.1 Å². The maximum absolute atomic E-state index is 13.1. The van der Waals surface area contributed by atoms with Crippen LogP contribution < -0.4 is 11.2 Å². The van der Waals surface area contributed by atoms with Gasteiger partial charge in [-0.3, -0.25) is 18.7 Å². The minimum absolute atomic E-state index is 0.146. The summed E-state index contributed by atoms with van der Waals surface area (Å²) in [6.45, 7) is -0.0326. The van der Waals surface area contributed by atoms with Gasteiger partial charge in [0, 0.05) is 21.1 Å². The zero-order valence-corrected chi connectivity index (χ0v) is 16.9. The van der Waals surface area contributed by atoms with Crippen LogP contribution in [0.1, 0.15) is 15.2 Å². The molecule has 0 amide bonds. The van der Waals surface area contributed by atoms with Crippen molar-refractivity contribution in [2.75, 3.05) is 0 Å². The van der Waals surface area contributed by atoms with Crippen molar-refractivity contribution in [3.05, 3.63) is 95.9 Å². The van der Waals surface area contributed by atoms with Gasteiger partial charge in [0.15, 0.2) is 11.3 Å². The summed E-state index contributed by atoms with van der Waals surface area (Å²) in [7, 11) is 0. The summed E-state index contributed by atoms with van der Waals surface area (Å²) in [5.74, 6) is -0.227. The fourth-order valence-corrected chi connectivity index (χ4v) is 4.08. The Hall–Kier alpha value is -2.84. The molecule has 6 nitrogen and oxygen atoms in total. The number of nitrogens with zero attached hydrogens (tertiary/aromatic N) is 3. The van der Waals surface area contributed by atoms with Crippen molar-refractivity contribution in [2.24, 2.45) is 0 Å². The van der Waals surface area contributed by atoms with E-state index in [1.54, 1.807) is 30.3 Å². The molecule has 0 aliphatic heterocycles. The van der Waals surface area contributed by atoms with Gasteiger partial charge in [-0.2, -0.15) is 0 Å². The van der Waals surface area contributed by atoms with Crippen LogP contribution >= 0.6 is 27.3 Å². The molecule has 0 fully saturated rings. The molecule has 0 bridgehead atoms. The summed E-state index contributed by atoms with van der Waals surface area (Å²) in [6, 6.07) is 14.0. The Labute approximate surface area is 171 Å². The van der Waals surface area contributed by atoms with Crippen molar-refractivity contribution < 1.29 is 4.79 Å². The number of hydrogen-bond acceptors (Lipinski definition) is 5. The van der Waals surface area contributed by atoms with E-state index in [0.29, 0.717) is 11.1 Å². The van der Waals surface area contributed by atoms with Gasteiger partial charge in [-0.25, -0.2) is 9.78 Å². The second kappa shape index (κ2) is 7.65. The third-order valence-electron chi connectivity index (χ3n) is 4.33. The number of benzene rings is 1. The van der Waals surface area contributed by atoms with Gasteiger partial charge >= 0.3 is 5.69 Å². The highest BCUT2D eigenvalue weighted by molar-refractivity contribution is 9.10. The van der Waals surface area contributed by atoms with E-state index in [1.807, 2.05) is 23.6 Å². The number of carbonyl (C=O) groups excluding carboxylic acids is 1. The van der Waals surface area contributed by atoms with Crippen LogP contribution in [0.4, 0.5) is 0 Å². The zero-order chi connectivity index (χ0) is 19.7. The molecule has 0 aliphatic carbocycles. The predicted molar refractivity (Wildman–Crippen MR) is 112 cm³/mol. The molecule has 3 aromatic heterocycles. The summed E-state index contributed by atoms with van der Waals surface area (Å²) in [5, 5.41) is 1.88. The number of halogens is 1. The van der Waals surface area contributed by atoms with Crippen molar-refractivity contribution in [1.29, 1.82) is 0 Å². The number of fused-ring (bicyclic) bond motifs is 1. The molecular formula is C20H14BrN3O3S. The lowest BCUT2D eigenvalue weighted by Crippen LogP contribution is -2.41. The molecule has 140 valence electrons. The maximum Gasteiger partial charge on any atom is 0.332 e. The highest BCUT2D eigenvalue weighted by Crippen LogP contribution is 2.14. The van der Waals surface area contributed by atoms with E-state index in [1.165, 1.54) is 22.1 Å². The molecule has 0 radical (unpaired) electrons. The topological polar surface area (TPSA) is 74.0 Å². The Bertz CT molecular complexity index is 1290. The number of thiophene rings is 1. The van der Waals surface area contributed by atoms with Crippen molar-refractivity contribution in [3.8, 4) is 0 Å². The molecule has 0 aliphatic rings. The highest BCUT2D eigenvalue weighted by atomic mass is 79.9. The number of aromatic nitrogens is 3. The van der Waals surface area contributed by atoms with Gasteiger partial charge < -0.3 is 0 Å². The third-order valence-corrected chi connectivity index (χ3v) is 5.68. The van der Waals surface area contributed by atoms with E-state index < -0.39 is 11.2 Å². The third kappa shape index (κ3) is 3.48. The molecule has 4 aromatic rings. The number of pyridine rings is 1. The second-order valence-electron chi connectivity index (χ2n) is 6.14. The summed E-state index contributed by atoms with van der Waals surface area (Å²) in [4.78, 5) is 43.8. The molecule has 28 heavy (non-hydrogen) atoms. The summed E-state index contributed by atoms with van der Waals surface area (Å²) in [6.07, 6.45) is 1.50. The minimum atomic E-state index is -0.526. The Morgan fingerprint density at radius 3 is 2.68 bits per heavy atom. The Balaban J connectivity index is 1.86. The Kier molecular flexibility index (Phi) is 5.06. The number of hydrogen-bond donors (Lipinski definition) is 0. The molecule has 0 spiro atoms. The van der Waals surface area contributed by atoms with E-state index in [9.17, 15) is 14.4 Å². The Morgan fingerprint density at radius 2 is 1.93 bits per heavy atom. The standard InChI is InChI=1S/C20H14BrN3O3S/c21-14-5-1-4-13(10-14)17(25)12-23-16-7-2-8-22-18(16)19(26)24(20(23)27)11-15-6-3-9-28-15/h1-10H,11-12H2. The van der Waals surface area contributed by atoms with Gasteiger partial charge in [0.2, 0.25) is 0 Å². The molecule has 0 atom stereocenters. The van der Waals surface area contributed by atoms with E-state index in [0.717, 1.165) is 13.9 Å². The second-order valence-corrected chi connectivity index (χ2v) is 8.09. The van der Waals surface area contributed by atoms with Crippen molar-refractivity contribution >= 4 is 44.1 Å². The van der Waals surface area contributed by atoms with Crippen molar-refractivity contribution in [1.82, 2.24) is 14.1 Å². The molecule has 0 unspecified atom stereocenters. The lowest BCUT2D eigenvalue weighted by Gasteiger charge is -2.13. The molecule has 0 N–H and O–H groups in total. The average Bonchev–Trinajstić information content (AvgIpc) is 3.21. The number of carbonyl (C=O) groups is 1. The van der Waals surface area contributed by atoms with Gasteiger partial charge in [-0.15, -0.1) is 11.3 Å². The molecule has 0 saturated carbocycles. The molecule has 3 heterocycles. The maximum atomic E-state index is 13.1. The van der Waals surface area contributed by atoms with Crippen LogP contribution in [0.5, 0.6) is 0 Å². The van der Waals surface area contributed by atoms with Gasteiger partial charge in [-0.05, 0) is 35.7 Å². The largest absolute Gasteiger partial charge is 0.332 e. The highest BCUT2D eigenvalue weighted by Gasteiger charge is 2.17. The SMILES string of the molecule is O=C(Cn1c(=O)n(Cc2cccs2)c(=O)c2ncccc21)c1cccc(Br)c1. The average molecular weight is 456 g/mol. The van der Waals surface area contributed by atoms with Gasteiger partial charge in [0.05, 0.1) is 18.6 Å². The number of Topliss-reactive ketones (excluding diaryl/α,β-unsaturated/α-hetero) is 1. The van der Waals surface area contributed by atoms with E-state index in [2.05, 4.69) is 20.9 Å². The fourth-order valence-electron chi connectivity index (χ4n) is 2.99. The van der Waals surface area contributed by atoms with Crippen molar-refractivity contribution in [3.63, 3.8) is 0 Å². The first kappa shape index (κ1) is 18.5. The number of ketones is 1. The van der Waals surface area contributed by atoms with Crippen LogP contribution in [0.2, 0.25) is 0 Å². The van der Waals surface area contributed by atoms with E-state index in [-0.39, 0.29) is 24.4 Å². The molecular weight excluding hydrogens is 442 g/mol. The quantitative estimate of drug-likeness (QED) is 0.432. The minimum Gasteiger partial charge on any atom is -0.292 e. The molecule has 4 rings (SSSR count). The first-order valence-corrected chi connectivity index (χ1v) is 10.1. The Morgan fingerprint density at radius 1 is 1.07 bits per heavy atom. The first-order chi connectivity index (χ1) is 13.5. The van der Waals surface area contributed by atoms with Gasteiger partial charge in [0.1, 0.15) is 0 Å². The normalized spacial score (nSPS) is 11.0. The summed E-state index contributed by atoms with van der Waals surface area (Å²) >= 11 is 4.81. The monoisotopic (exact) mass is 455 g/mol. The molecule has 1 aromatic carbocycles. The van der Waals surface area contributed by atoms with E-state index >= 15 is 0 Å². The van der Waals surface area contributed by atoms with Crippen LogP contribution in [-0.4, -0.2) is 19.9 Å². The fraction of sp³-hybridized carbons (Fsp3) is 0.100. The van der Waals surface area contributed by atoms with Crippen LogP contribution in [0.15, 0.2) is 74.2 Å². The van der Waals surface area contributed by atoms with Gasteiger partial charge in [0.25, 0.3) is 5.56 Å². The smallest absolute Gasteiger partial charge is 0.292 e. The summed E-state index contributed by atoms with van der Waals surface area (Å²) in [5.41, 5.74) is 0.0145. The van der Waals surface area contributed by atoms with E-state index in [4.69, 9.17) is 0 Å².